The second kappa shape index (κ2) is 5.72. The number of halogens is 4. The summed E-state index contributed by atoms with van der Waals surface area (Å²) in [4.78, 5) is 11.6. The fourth-order valence-electron chi connectivity index (χ4n) is 2.02. The van der Waals surface area contributed by atoms with Crippen LogP contribution in [0.3, 0.4) is 0 Å². The topological polar surface area (TPSA) is 40.5 Å². The van der Waals surface area contributed by atoms with E-state index in [4.69, 9.17) is 0 Å². The lowest BCUT2D eigenvalue weighted by Gasteiger charge is -2.09. The number of carbonyl (C=O) groups is 1. The van der Waals surface area contributed by atoms with Crippen molar-refractivity contribution in [3.05, 3.63) is 35.8 Å². The predicted molar refractivity (Wildman–Crippen MR) is 65.2 cm³/mol. The Morgan fingerprint density at radius 2 is 2.05 bits per heavy atom. The van der Waals surface area contributed by atoms with Gasteiger partial charge in [0, 0.05) is 18.1 Å². The van der Waals surface area contributed by atoms with E-state index in [1.165, 1.54) is 22.9 Å². The van der Waals surface area contributed by atoms with Crippen molar-refractivity contribution >= 4 is 16.9 Å². The number of hydrogen-bond donors (Lipinski definition) is 0. The van der Waals surface area contributed by atoms with Crippen LogP contribution in [0.1, 0.15) is 10.4 Å². The van der Waals surface area contributed by atoms with Crippen LogP contribution in [-0.4, -0.2) is 30.6 Å². The molecule has 0 saturated carbocycles. The van der Waals surface area contributed by atoms with Crippen molar-refractivity contribution in [2.45, 2.75) is 12.9 Å². The summed E-state index contributed by atoms with van der Waals surface area (Å²) >= 11 is 0. The quantitative estimate of drug-likeness (QED) is 0.644. The lowest BCUT2D eigenvalue weighted by atomic mass is 10.2. The largest absolute Gasteiger partial charge is 0.522 e. The van der Waals surface area contributed by atoms with Gasteiger partial charge in [-0.3, -0.25) is 4.74 Å². The van der Waals surface area contributed by atoms with Crippen molar-refractivity contribution in [2.24, 2.45) is 0 Å². The van der Waals surface area contributed by atoms with E-state index in [1.807, 2.05) is 0 Å². The van der Waals surface area contributed by atoms with Crippen LogP contribution in [0.5, 0.6) is 0 Å². The molecule has 0 spiro atoms. The molecule has 0 atom stereocenters. The Kier molecular flexibility index (Phi) is 4.17. The van der Waals surface area contributed by atoms with E-state index in [2.05, 4.69) is 9.47 Å². The van der Waals surface area contributed by atoms with Crippen LogP contribution in [0.2, 0.25) is 0 Å². The molecule has 2 aromatic rings. The Hall–Kier alpha value is -2.09. The molecular weight excluding hydrogens is 294 g/mol. The van der Waals surface area contributed by atoms with E-state index >= 15 is 0 Å². The van der Waals surface area contributed by atoms with E-state index in [1.54, 1.807) is 0 Å². The minimum Gasteiger partial charge on any atom is -0.465 e. The fraction of sp³-hybridized carbons (Fsp3) is 0.308. The zero-order chi connectivity index (χ0) is 15.6. The maximum absolute atomic E-state index is 13.9. The maximum atomic E-state index is 13.9. The van der Waals surface area contributed by atoms with Gasteiger partial charge in [0.25, 0.3) is 0 Å². The second-order valence-corrected chi connectivity index (χ2v) is 4.16. The van der Waals surface area contributed by atoms with Crippen molar-refractivity contribution in [1.29, 1.82) is 0 Å². The Morgan fingerprint density at radius 1 is 1.33 bits per heavy atom. The molecule has 114 valence electrons. The third kappa shape index (κ3) is 3.33. The smallest absolute Gasteiger partial charge is 0.465 e. The van der Waals surface area contributed by atoms with Gasteiger partial charge in [-0.15, -0.1) is 13.2 Å². The normalized spacial score (nSPS) is 11.9. The number of esters is 1. The van der Waals surface area contributed by atoms with Gasteiger partial charge in [-0.1, -0.05) is 12.1 Å². The van der Waals surface area contributed by atoms with Crippen LogP contribution in [0.4, 0.5) is 17.6 Å². The summed E-state index contributed by atoms with van der Waals surface area (Å²) < 4.78 is 59.2. The van der Waals surface area contributed by atoms with E-state index in [-0.39, 0.29) is 23.0 Å². The van der Waals surface area contributed by atoms with Crippen LogP contribution in [-0.2, 0) is 16.0 Å². The van der Waals surface area contributed by atoms with Gasteiger partial charge in [0.05, 0.1) is 24.8 Å². The monoisotopic (exact) mass is 305 g/mol. The number of carbonyl (C=O) groups excluding carboxylic acids is 1. The molecular formula is C13H11F4NO3. The third-order valence-corrected chi connectivity index (χ3v) is 2.85. The molecule has 0 radical (unpaired) electrons. The Balaban J connectivity index is 2.37. The third-order valence-electron chi connectivity index (χ3n) is 2.85. The van der Waals surface area contributed by atoms with Gasteiger partial charge in [-0.05, 0) is 6.07 Å². The van der Waals surface area contributed by atoms with Crippen LogP contribution >= 0.6 is 0 Å². The highest BCUT2D eigenvalue weighted by Gasteiger charge is 2.29. The molecule has 8 heteroatoms. The Bertz CT molecular complexity index is 663. The van der Waals surface area contributed by atoms with Crippen LogP contribution in [0, 0.1) is 5.82 Å². The number of aromatic nitrogens is 1. The Labute approximate surface area is 116 Å². The maximum Gasteiger partial charge on any atom is 0.522 e. The SMILES string of the molecule is COC(=O)c1cn(CCOC(F)(F)F)c2c(F)cccc12. The number of hydrogen-bond acceptors (Lipinski definition) is 3. The fourth-order valence-corrected chi connectivity index (χ4v) is 2.02. The molecule has 0 amide bonds. The molecule has 1 heterocycles. The highest BCUT2D eigenvalue weighted by molar-refractivity contribution is 6.04. The van der Waals surface area contributed by atoms with Crippen LogP contribution in [0.25, 0.3) is 10.9 Å². The average molecular weight is 305 g/mol. The van der Waals surface area contributed by atoms with Gasteiger partial charge in [0.1, 0.15) is 5.82 Å². The number of nitrogens with zero attached hydrogens (tertiary/aromatic N) is 1. The first-order chi connectivity index (χ1) is 9.83. The molecule has 1 aromatic heterocycles. The summed E-state index contributed by atoms with van der Waals surface area (Å²) in [6.45, 7) is -0.948. The minimum absolute atomic E-state index is 0.0312. The van der Waals surface area contributed by atoms with E-state index in [9.17, 15) is 22.4 Å². The molecule has 0 aliphatic carbocycles. The molecule has 0 fully saturated rings. The number of benzene rings is 1. The summed E-state index contributed by atoms with van der Waals surface area (Å²) in [7, 11) is 1.16. The summed E-state index contributed by atoms with van der Waals surface area (Å²) in [5.41, 5.74) is 0.114. The van der Waals surface area contributed by atoms with Gasteiger partial charge in [0.2, 0.25) is 0 Å². The van der Waals surface area contributed by atoms with Gasteiger partial charge in [-0.25, -0.2) is 9.18 Å². The van der Waals surface area contributed by atoms with Crippen molar-refractivity contribution < 1.29 is 31.8 Å². The van der Waals surface area contributed by atoms with Crippen molar-refractivity contribution in [2.75, 3.05) is 13.7 Å². The Morgan fingerprint density at radius 3 is 2.67 bits per heavy atom. The zero-order valence-corrected chi connectivity index (χ0v) is 10.9. The summed E-state index contributed by atoms with van der Waals surface area (Å²) in [5, 5.41) is 0.272. The highest BCUT2D eigenvalue weighted by atomic mass is 19.4. The minimum atomic E-state index is -4.76. The second-order valence-electron chi connectivity index (χ2n) is 4.16. The zero-order valence-electron chi connectivity index (χ0n) is 10.9. The van der Waals surface area contributed by atoms with Crippen molar-refractivity contribution in [1.82, 2.24) is 4.57 Å². The van der Waals surface area contributed by atoms with Gasteiger partial charge >= 0.3 is 12.3 Å². The summed E-state index contributed by atoms with van der Waals surface area (Å²) in [6, 6.07) is 4.05. The van der Waals surface area contributed by atoms with Gasteiger partial charge in [0.15, 0.2) is 0 Å². The number of para-hydroxylation sites is 1. The highest BCUT2D eigenvalue weighted by Crippen LogP contribution is 2.25. The van der Waals surface area contributed by atoms with Crippen LogP contribution < -0.4 is 0 Å². The molecule has 0 N–H and O–H groups in total. The van der Waals surface area contributed by atoms with E-state index in [0.29, 0.717) is 0 Å². The first-order valence-corrected chi connectivity index (χ1v) is 5.90. The molecule has 21 heavy (non-hydrogen) atoms. The number of fused-ring (bicyclic) bond motifs is 1. The van der Waals surface area contributed by atoms with Crippen molar-refractivity contribution in [3.63, 3.8) is 0 Å². The molecule has 0 unspecified atom stereocenters. The first-order valence-electron chi connectivity index (χ1n) is 5.90. The predicted octanol–water partition coefficient (Wildman–Crippen LogP) is 3.10. The van der Waals surface area contributed by atoms with E-state index in [0.717, 1.165) is 13.2 Å². The molecule has 0 aliphatic rings. The lowest BCUT2D eigenvalue weighted by Crippen LogP contribution is -2.17. The summed E-state index contributed by atoms with van der Waals surface area (Å²) in [5.74, 6) is -1.34. The lowest BCUT2D eigenvalue weighted by molar-refractivity contribution is -0.325. The number of alkyl halides is 3. The molecule has 0 saturated heterocycles. The van der Waals surface area contributed by atoms with Gasteiger partial charge < -0.3 is 9.30 Å². The number of rotatable bonds is 4. The summed E-state index contributed by atoms with van der Waals surface area (Å²) in [6.07, 6.45) is -3.51. The van der Waals surface area contributed by atoms with E-state index < -0.39 is 24.8 Å². The number of methoxy groups -OCH3 is 1. The van der Waals surface area contributed by atoms with Gasteiger partial charge in [-0.2, -0.15) is 0 Å². The number of ether oxygens (including phenoxy) is 2. The van der Waals surface area contributed by atoms with Crippen LogP contribution in [0.15, 0.2) is 24.4 Å². The molecule has 2 rings (SSSR count). The standard InChI is InChI=1S/C13H11F4NO3/c1-20-12(19)9-7-18(5-6-21-13(15,16)17)11-8(9)3-2-4-10(11)14/h2-4,7H,5-6H2,1H3. The molecule has 0 bridgehead atoms. The molecule has 4 nitrogen and oxygen atoms in total. The molecule has 0 aliphatic heterocycles. The van der Waals surface area contributed by atoms with Crippen molar-refractivity contribution in [3.8, 4) is 0 Å². The molecule has 1 aromatic carbocycles. The average Bonchev–Trinajstić information content (AvgIpc) is 2.77. The first kappa shape index (κ1) is 15.3.